The Labute approximate surface area is 168 Å². The van der Waals surface area contributed by atoms with Crippen molar-refractivity contribution >= 4 is 28.8 Å². The van der Waals surface area contributed by atoms with Gasteiger partial charge in [0.15, 0.2) is 0 Å². The van der Waals surface area contributed by atoms with Crippen molar-refractivity contribution < 1.29 is 4.79 Å². The average Bonchev–Trinajstić information content (AvgIpc) is 3.21. The van der Waals surface area contributed by atoms with E-state index in [1.54, 1.807) is 19.3 Å². The predicted octanol–water partition coefficient (Wildman–Crippen LogP) is 4.09. The van der Waals surface area contributed by atoms with Crippen LogP contribution in [0, 0.1) is 0 Å². The molecule has 3 aromatic heterocycles. The van der Waals surface area contributed by atoms with E-state index in [9.17, 15) is 4.79 Å². The van der Waals surface area contributed by atoms with Crippen molar-refractivity contribution in [2.45, 2.75) is 0 Å². The Kier molecular flexibility index (Phi) is 5.07. The van der Waals surface area contributed by atoms with E-state index < -0.39 is 0 Å². The monoisotopic (exact) mass is 383 g/mol. The van der Waals surface area contributed by atoms with Gasteiger partial charge in [0.2, 0.25) is 5.91 Å². The lowest BCUT2D eigenvalue weighted by atomic mass is 10.0. The van der Waals surface area contributed by atoms with Crippen molar-refractivity contribution in [2.24, 2.45) is 0 Å². The summed E-state index contributed by atoms with van der Waals surface area (Å²) >= 11 is 0. The summed E-state index contributed by atoms with van der Waals surface area (Å²) in [5.41, 5.74) is 5.98. The Balaban J connectivity index is 1.74. The van der Waals surface area contributed by atoms with Crippen LogP contribution in [0.2, 0.25) is 0 Å². The quantitative estimate of drug-likeness (QED) is 0.453. The topological polar surface area (TPSA) is 82.7 Å². The molecule has 3 N–H and O–H groups in total. The van der Waals surface area contributed by atoms with Crippen LogP contribution in [0.4, 0.5) is 5.82 Å². The first-order chi connectivity index (χ1) is 14.2. The standard InChI is InChI=1S/C23H21N5O/c1-24-21-12-17(8-9-26-21)20-14-28-23-19(20)11-18(13-27-23)16-5-3-4-15(10-16)6-7-22(29)25-2/h3-14H,1-2H3,(H,24,26)(H,25,29)(H,27,28). The summed E-state index contributed by atoms with van der Waals surface area (Å²) in [7, 11) is 3.47. The molecule has 0 saturated heterocycles. The fourth-order valence-electron chi connectivity index (χ4n) is 3.21. The smallest absolute Gasteiger partial charge is 0.243 e. The number of H-pyrrole nitrogens is 1. The van der Waals surface area contributed by atoms with Crippen LogP contribution in [0.15, 0.2) is 67.1 Å². The molecular formula is C23H21N5O. The van der Waals surface area contributed by atoms with E-state index >= 15 is 0 Å². The van der Waals surface area contributed by atoms with Crippen molar-refractivity contribution in [2.75, 3.05) is 19.4 Å². The zero-order chi connectivity index (χ0) is 20.2. The van der Waals surface area contributed by atoms with E-state index in [0.29, 0.717) is 0 Å². The summed E-state index contributed by atoms with van der Waals surface area (Å²) < 4.78 is 0. The van der Waals surface area contributed by atoms with Crippen LogP contribution in [-0.2, 0) is 4.79 Å². The van der Waals surface area contributed by atoms with Crippen LogP contribution < -0.4 is 10.6 Å². The van der Waals surface area contributed by atoms with Gasteiger partial charge < -0.3 is 15.6 Å². The number of aromatic amines is 1. The SMILES string of the molecule is CNC(=O)C=Cc1cccc(-c2cnc3[nH]cc(-c4ccnc(NC)c4)c3c2)c1. The number of benzene rings is 1. The minimum atomic E-state index is -0.131. The lowest BCUT2D eigenvalue weighted by Crippen LogP contribution is -2.13. The molecule has 6 nitrogen and oxygen atoms in total. The Hall–Kier alpha value is -3.93. The van der Waals surface area contributed by atoms with Gasteiger partial charge in [0.05, 0.1) is 0 Å². The maximum Gasteiger partial charge on any atom is 0.243 e. The fourth-order valence-corrected chi connectivity index (χ4v) is 3.21. The number of pyridine rings is 2. The Bertz CT molecular complexity index is 1210. The maximum absolute atomic E-state index is 11.5. The number of nitrogens with zero attached hydrogens (tertiary/aromatic N) is 2. The van der Waals surface area contributed by atoms with E-state index in [1.165, 1.54) is 6.08 Å². The molecular weight excluding hydrogens is 362 g/mol. The van der Waals surface area contributed by atoms with Gasteiger partial charge in [-0.15, -0.1) is 0 Å². The number of likely N-dealkylation sites (N-methyl/N-ethyl adjacent to an activating group) is 1. The van der Waals surface area contributed by atoms with Gasteiger partial charge in [-0.05, 0) is 47.0 Å². The number of carbonyl (C=O) groups is 1. The molecule has 0 atom stereocenters. The van der Waals surface area contributed by atoms with Crippen molar-refractivity contribution in [3.05, 3.63) is 72.7 Å². The number of hydrogen-bond donors (Lipinski definition) is 3. The van der Waals surface area contributed by atoms with Crippen LogP contribution in [-0.4, -0.2) is 35.0 Å². The van der Waals surface area contributed by atoms with Crippen molar-refractivity contribution in [3.63, 3.8) is 0 Å². The highest BCUT2D eigenvalue weighted by molar-refractivity contribution is 5.96. The second-order valence-electron chi connectivity index (χ2n) is 6.58. The number of amides is 1. The largest absolute Gasteiger partial charge is 0.373 e. The van der Waals surface area contributed by atoms with Crippen LogP contribution in [0.1, 0.15) is 5.56 Å². The van der Waals surface area contributed by atoms with Crippen LogP contribution in [0.25, 0.3) is 39.4 Å². The van der Waals surface area contributed by atoms with Gasteiger partial charge in [-0.25, -0.2) is 9.97 Å². The lowest BCUT2D eigenvalue weighted by Gasteiger charge is -2.06. The van der Waals surface area contributed by atoms with Crippen molar-refractivity contribution in [1.82, 2.24) is 20.3 Å². The molecule has 4 rings (SSSR count). The third kappa shape index (κ3) is 3.87. The van der Waals surface area contributed by atoms with Gasteiger partial charge in [-0.2, -0.15) is 0 Å². The molecule has 4 aromatic rings. The van der Waals surface area contributed by atoms with Gasteiger partial charge in [0, 0.05) is 55.3 Å². The van der Waals surface area contributed by atoms with Gasteiger partial charge in [0.1, 0.15) is 11.5 Å². The molecule has 6 heteroatoms. The van der Waals surface area contributed by atoms with Gasteiger partial charge in [-0.1, -0.05) is 18.2 Å². The summed E-state index contributed by atoms with van der Waals surface area (Å²) in [6.45, 7) is 0. The Morgan fingerprint density at radius 3 is 2.76 bits per heavy atom. The van der Waals surface area contributed by atoms with Crippen LogP contribution >= 0.6 is 0 Å². The van der Waals surface area contributed by atoms with E-state index in [-0.39, 0.29) is 5.91 Å². The molecule has 0 radical (unpaired) electrons. The number of aromatic nitrogens is 3. The summed E-state index contributed by atoms with van der Waals surface area (Å²) in [5.74, 6) is 0.685. The molecule has 0 bridgehead atoms. The van der Waals surface area contributed by atoms with E-state index in [1.807, 2.05) is 55.8 Å². The average molecular weight is 383 g/mol. The zero-order valence-corrected chi connectivity index (χ0v) is 16.2. The molecule has 0 aliphatic carbocycles. The molecule has 0 saturated carbocycles. The summed E-state index contributed by atoms with van der Waals surface area (Å²) in [4.78, 5) is 23.6. The number of carbonyl (C=O) groups excluding carboxylic acids is 1. The van der Waals surface area contributed by atoms with E-state index in [4.69, 9.17) is 0 Å². The van der Waals surface area contributed by atoms with Crippen LogP contribution in [0.5, 0.6) is 0 Å². The molecule has 144 valence electrons. The maximum atomic E-state index is 11.5. The fraction of sp³-hybridized carbons (Fsp3) is 0.0870. The Morgan fingerprint density at radius 1 is 1.03 bits per heavy atom. The first-order valence-electron chi connectivity index (χ1n) is 9.29. The summed E-state index contributed by atoms with van der Waals surface area (Å²) in [5, 5.41) is 6.70. The third-order valence-electron chi connectivity index (χ3n) is 4.75. The second kappa shape index (κ2) is 7.98. The molecule has 0 spiro atoms. The number of anilines is 1. The van der Waals surface area contributed by atoms with Gasteiger partial charge in [0.25, 0.3) is 0 Å². The highest BCUT2D eigenvalue weighted by Gasteiger charge is 2.10. The van der Waals surface area contributed by atoms with E-state index in [0.717, 1.165) is 44.7 Å². The lowest BCUT2D eigenvalue weighted by molar-refractivity contribution is -0.115. The molecule has 3 heterocycles. The van der Waals surface area contributed by atoms with E-state index in [2.05, 4.69) is 31.7 Å². The first-order valence-corrected chi connectivity index (χ1v) is 9.29. The minimum absolute atomic E-state index is 0.131. The third-order valence-corrected chi connectivity index (χ3v) is 4.75. The molecule has 0 aliphatic rings. The highest BCUT2D eigenvalue weighted by Crippen LogP contribution is 2.31. The predicted molar refractivity (Wildman–Crippen MR) is 117 cm³/mol. The van der Waals surface area contributed by atoms with Gasteiger partial charge >= 0.3 is 0 Å². The normalized spacial score (nSPS) is 11.1. The first kappa shape index (κ1) is 18.4. The molecule has 0 aliphatic heterocycles. The molecule has 0 fully saturated rings. The number of hydrogen-bond acceptors (Lipinski definition) is 4. The van der Waals surface area contributed by atoms with Crippen LogP contribution in [0.3, 0.4) is 0 Å². The summed E-state index contributed by atoms with van der Waals surface area (Å²) in [6, 6.07) is 14.2. The summed E-state index contributed by atoms with van der Waals surface area (Å²) in [6.07, 6.45) is 8.94. The van der Waals surface area contributed by atoms with Gasteiger partial charge in [-0.3, -0.25) is 4.79 Å². The molecule has 1 amide bonds. The van der Waals surface area contributed by atoms with Crippen molar-refractivity contribution in [1.29, 1.82) is 0 Å². The Morgan fingerprint density at radius 2 is 1.93 bits per heavy atom. The molecule has 0 unspecified atom stereocenters. The zero-order valence-electron chi connectivity index (χ0n) is 16.2. The number of nitrogens with one attached hydrogen (secondary N) is 3. The minimum Gasteiger partial charge on any atom is -0.373 e. The highest BCUT2D eigenvalue weighted by atomic mass is 16.1. The van der Waals surface area contributed by atoms with Crippen molar-refractivity contribution in [3.8, 4) is 22.3 Å². The molecule has 1 aromatic carbocycles. The molecule has 29 heavy (non-hydrogen) atoms. The number of rotatable bonds is 5. The number of fused-ring (bicyclic) bond motifs is 1. The second-order valence-corrected chi connectivity index (χ2v) is 6.58.